The molecular weight excluding hydrogens is 1230 g/mol. The molecule has 0 radical (unpaired) electrons. The second-order valence-electron chi connectivity index (χ2n) is 23.1. The SMILES string of the molecule is C=S(=O)(c1ccn(C)n1)N(C1CC1)[C@H]1CCC2=CC(=Nc3ccc(F)nc3)C(=CN)C[C@]2(C(=O)c2ncc(C(F)(F)F)s2)C1.Cn1ccc(S(=O)(=O)N(C2CC2)[C@H]2CCC3=Cc4c(cnn4-c4ccc(F)nc4)C[C@]3(C(=O)c3cc(C(F)(F)F)ccn3)C2)n1. The number of allylic oxidation sites excluding steroid dienone is 4. The number of hydrogen-bond acceptors (Lipinski definition) is 15. The smallest absolute Gasteiger partial charge is 0.404 e. The Morgan fingerprint density at radius 2 is 1.34 bits per heavy atom. The molecular formula is C59H56F8N14O5S3. The number of nitrogens with two attached hydrogens (primary N) is 1. The lowest BCUT2D eigenvalue weighted by atomic mass is 9.60. The van der Waals surface area contributed by atoms with Crippen LogP contribution in [-0.4, -0.2) is 118 Å². The highest BCUT2D eigenvalue weighted by Gasteiger charge is 2.56. The summed E-state index contributed by atoms with van der Waals surface area (Å²) >= 11 is 0.306. The molecule has 7 heterocycles. The van der Waals surface area contributed by atoms with E-state index in [4.69, 9.17) is 5.73 Å². The number of aliphatic imine (C=N–C) groups is 1. The van der Waals surface area contributed by atoms with Crippen LogP contribution in [0.2, 0.25) is 0 Å². The monoisotopic (exact) mass is 1290 g/mol. The van der Waals surface area contributed by atoms with Crippen molar-refractivity contribution in [2.75, 3.05) is 0 Å². The number of sulfonamides is 1. The number of aryl methyl sites for hydroxylation is 2. The Morgan fingerprint density at radius 1 is 0.719 bits per heavy atom. The van der Waals surface area contributed by atoms with Gasteiger partial charge in [0.2, 0.25) is 17.7 Å². The van der Waals surface area contributed by atoms with E-state index >= 15 is 0 Å². The summed E-state index contributed by atoms with van der Waals surface area (Å²) in [4.78, 5) is 47.8. The Morgan fingerprint density at radius 3 is 1.91 bits per heavy atom. The number of pyridine rings is 3. The van der Waals surface area contributed by atoms with Crippen molar-refractivity contribution in [3.05, 3.63) is 165 Å². The van der Waals surface area contributed by atoms with Crippen molar-refractivity contribution >= 4 is 66.0 Å². The average Bonchev–Trinajstić information content (AvgIpc) is 1.72. The molecule has 89 heavy (non-hydrogen) atoms. The molecule has 0 bridgehead atoms. The largest absolute Gasteiger partial charge is 0.427 e. The van der Waals surface area contributed by atoms with E-state index in [1.165, 1.54) is 57.9 Å². The molecule has 4 saturated carbocycles. The minimum atomic E-state index is -4.69. The van der Waals surface area contributed by atoms with Crippen LogP contribution in [0.1, 0.15) is 113 Å². The van der Waals surface area contributed by atoms with Crippen LogP contribution in [0.5, 0.6) is 0 Å². The van der Waals surface area contributed by atoms with E-state index in [-0.39, 0.29) is 53.5 Å². The number of alkyl halides is 6. The summed E-state index contributed by atoms with van der Waals surface area (Å²) in [6.45, 7) is 0. The van der Waals surface area contributed by atoms with Gasteiger partial charge in [0.1, 0.15) is 10.6 Å². The van der Waals surface area contributed by atoms with Crippen molar-refractivity contribution < 1.29 is 57.3 Å². The van der Waals surface area contributed by atoms with E-state index < -0.39 is 88.9 Å². The minimum Gasteiger partial charge on any atom is -0.404 e. The topological polar surface area (TPSA) is 235 Å². The van der Waals surface area contributed by atoms with E-state index in [1.807, 2.05) is 4.31 Å². The number of hydrogen-bond donors (Lipinski definition) is 1. The lowest BCUT2D eigenvalue weighted by Crippen LogP contribution is -2.51. The van der Waals surface area contributed by atoms with Gasteiger partial charge in [-0.3, -0.25) is 23.9 Å². The third-order valence-corrected chi connectivity index (χ3v) is 22.2. The predicted octanol–water partition coefficient (Wildman–Crippen LogP) is 10.0. The van der Waals surface area contributed by atoms with E-state index in [2.05, 4.69) is 46.1 Å². The second kappa shape index (κ2) is 22.8. The highest BCUT2D eigenvalue weighted by molar-refractivity contribution is 7.98. The third kappa shape index (κ3) is 11.7. The van der Waals surface area contributed by atoms with E-state index in [9.17, 15) is 57.3 Å². The van der Waals surface area contributed by atoms with Crippen LogP contribution in [0.15, 0.2) is 136 Å². The predicted molar refractivity (Wildman–Crippen MR) is 311 cm³/mol. The lowest BCUT2D eigenvalue weighted by molar-refractivity contribution is -0.137. The van der Waals surface area contributed by atoms with Gasteiger partial charge in [0.05, 0.1) is 73.7 Å². The summed E-state index contributed by atoms with van der Waals surface area (Å²) in [7, 11) is -3.75. The Balaban J connectivity index is 0.000000173. The zero-order chi connectivity index (χ0) is 63.2. The molecule has 2 N–H and O–H groups in total. The average molecular weight is 1290 g/mol. The molecule has 19 nitrogen and oxygen atoms in total. The molecule has 0 aliphatic heterocycles. The normalized spacial score (nSPS) is 23.6. The molecule has 5 atom stereocenters. The molecule has 6 aliphatic rings. The van der Waals surface area contributed by atoms with Gasteiger partial charge in [0.15, 0.2) is 20.8 Å². The van der Waals surface area contributed by atoms with Gasteiger partial charge in [-0.2, -0.15) is 54.7 Å². The molecule has 13 rings (SSSR count). The number of carbonyl (C=O) groups excluding carboxylic acids is 2. The summed E-state index contributed by atoms with van der Waals surface area (Å²) in [5.41, 5.74) is 6.39. The molecule has 0 saturated heterocycles. The first-order chi connectivity index (χ1) is 42.2. The molecule has 7 aromatic rings. The molecule has 1 unspecified atom stereocenters. The Kier molecular flexibility index (Phi) is 15.7. The number of ketones is 2. The van der Waals surface area contributed by atoms with Gasteiger partial charge in [0.25, 0.3) is 10.0 Å². The molecule has 466 valence electrons. The van der Waals surface area contributed by atoms with Crippen LogP contribution in [0, 0.1) is 22.7 Å². The fourth-order valence-electron chi connectivity index (χ4n) is 12.8. The standard InChI is InChI=1S/C30H27F4N7O3S.C29H29F4N7O2S2/c1-39-11-9-27(38-39)45(43,44)41(21-4-5-21)22-3-2-19-13-25-18(16-37-40(25)23-6-7-26(31)36-17-23)14-29(19,15-22)28(42)24-12-20(8-10-35-24)30(32,33)34;1-39-10-9-25(38-39)44(2,42)40(20-6-7-20)21-5-3-18-11-22(37-19-4-8-24(30)35-15-19)17(14-34)12-28(18,13-21)26(41)27-36-16-23(43-27)29(31,32)33/h6-13,16-17,21-22H,2-5,14-15H2,1H3;4,8-11,14-16,20-21H,2-3,5-7,12-13,34H2,1H3/t22-,29-;21-,28-,44?/m00/s1. The highest BCUT2D eigenvalue weighted by Crippen LogP contribution is 2.55. The number of nitrogens with zero attached hydrogens (tertiary/aromatic N) is 13. The first-order valence-corrected chi connectivity index (χ1v) is 32.2. The first kappa shape index (κ1) is 61.3. The van der Waals surface area contributed by atoms with Crippen molar-refractivity contribution in [2.24, 2.45) is 35.7 Å². The zero-order valence-electron chi connectivity index (χ0n) is 47.6. The highest BCUT2D eigenvalue weighted by atomic mass is 32.2. The van der Waals surface area contributed by atoms with Crippen molar-refractivity contribution in [3.8, 4) is 5.69 Å². The Labute approximate surface area is 509 Å². The van der Waals surface area contributed by atoms with Crippen LogP contribution in [0.4, 0.5) is 40.8 Å². The maximum atomic E-state index is 14.5. The molecule has 0 amide bonds. The number of thiazole rings is 1. The number of halogens is 8. The maximum absolute atomic E-state index is 14.5. The van der Waals surface area contributed by atoms with Gasteiger partial charge in [-0.05, 0) is 161 Å². The number of aromatic nitrogens is 10. The van der Waals surface area contributed by atoms with Gasteiger partial charge in [-0.15, -0.1) is 11.3 Å². The van der Waals surface area contributed by atoms with Crippen molar-refractivity contribution in [1.82, 2.24) is 57.9 Å². The fourth-order valence-corrected chi connectivity index (χ4v) is 17.5. The van der Waals surface area contributed by atoms with Crippen LogP contribution < -0.4 is 5.73 Å². The molecule has 0 aromatic carbocycles. The summed E-state index contributed by atoms with van der Waals surface area (Å²) in [5, 5.41) is 12.9. The summed E-state index contributed by atoms with van der Waals surface area (Å²) in [6.07, 6.45) is 9.39. The fraction of sp³-hybridized carbons (Fsp3) is 0.373. The third-order valence-electron chi connectivity index (χ3n) is 17.1. The van der Waals surface area contributed by atoms with Gasteiger partial charge in [0, 0.05) is 56.9 Å². The van der Waals surface area contributed by atoms with Crippen molar-refractivity contribution in [3.63, 3.8) is 0 Å². The van der Waals surface area contributed by atoms with Gasteiger partial charge in [-0.1, -0.05) is 11.1 Å². The van der Waals surface area contributed by atoms with Crippen LogP contribution >= 0.6 is 11.3 Å². The molecule has 6 aliphatic carbocycles. The van der Waals surface area contributed by atoms with E-state index in [0.29, 0.717) is 106 Å². The van der Waals surface area contributed by atoms with E-state index in [1.54, 1.807) is 60.3 Å². The van der Waals surface area contributed by atoms with E-state index in [0.717, 1.165) is 31.2 Å². The quantitative estimate of drug-likeness (QED) is 0.0462. The van der Waals surface area contributed by atoms with Crippen LogP contribution in [-0.2, 0) is 52.6 Å². The van der Waals surface area contributed by atoms with Gasteiger partial charge >= 0.3 is 12.4 Å². The van der Waals surface area contributed by atoms with Crippen LogP contribution in [0.25, 0.3) is 11.8 Å². The Hall–Kier alpha value is -7.93. The number of Topliss-reactive ketones (excluding diaryl/α,β-unsaturated/α-hetero) is 2. The number of carbonyl (C=O) groups is 2. The summed E-state index contributed by atoms with van der Waals surface area (Å²) in [5.74, 6) is 1.62. The molecule has 7 aromatic heterocycles. The number of rotatable bonds is 14. The maximum Gasteiger partial charge on any atom is 0.427 e. The summed E-state index contributed by atoms with van der Waals surface area (Å²) in [6, 6.07) is 8.69. The van der Waals surface area contributed by atoms with Gasteiger partial charge in [-0.25, -0.2) is 41.6 Å². The van der Waals surface area contributed by atoms with Crippen molar-refractivity contribution in [2.45, 2.75) is 124 Å². The Bertz CT molecular complexity index is 4300. The summed E-state index contributed by atoms with van der Waals surface area (Å²) < 4.78 is 159. The zero-order valence-corrected chi connectivity index (χ0v) is 50.0. The van der Waals surface area contributed by atoms with Gasteiger partial charge < -0.3 is 5.73 Å². The molecule has 0 spiro atoms. The van der Waals surface area contributed by atoms with Crippen LogP contribution in [0.3, 0.4) is 0 Å². The molecule has 30 heteroatoms. The van der Waals surface area contributed by atoms with Crippen molar-refractivity contribution in [1.29, 1.82) is 0 Å². The number of fused-ring (bicyclic) bond motifs is 3. The molecule has 4 fully saturated rings. The second-order valence-corrected chi connectivity index (χ2v) is 28.0. The lowest BCUT2D eigenvalue weighted by Gasteiger charge is -2.47. The first-order valence-electron chi connectivity index (χ1n) is 28.3. The minimum absolute atomic E-state index is 0.0300.